The predicted molar refractivity (Wildman–Crippen MR) is 164 cm³/mol. The molecule has 1 saturated heterocycles. The van der Waals surface area contributed by atoms with Crippen LogP contribution in [-0.4, -0.2) is 40.9 Å². The average Bonchev–Trinajstić information content (AvgIpc) is 3.05. The summed E-state index contributed by atoms with van der Waals surface area (Å²) in [6.07, 6.45) is 1.92. The van der Waals surface area contributed by atoms with E-state index in [1.807, 2.05) is 94.4 Å². The molecule has 0 aromatic heterocycles. The summed E-state index contributed by atoms with van der Waals surface area (Å²) in [5, 5.41) is 8.84. The molecule has 1 fully saturated rings. The van der Waals surface area contributed by atoms with Gasteiger partial charge in [0, 0.05) is 11.2 Å². The second kappa shape index (κ2) is 13.0. The van der Waals surface area contributed by atoms with Gasteiger partial charge in [0.1, 0.15) is 12.6 Å². The highest BCUT2D eigenvalue weighted by molar-refractivity contribution is 5.95. The van der Waals surface area contributed by atoms with Crippen LogP contribution in [0.3, 0.4) is 0 Å². The molecule has 0 bridgehead atoms. The molecule has 216 valence electrons. The molecule has 4 amide bonds. The minimum absolute atomic E-state index is 0.0137. The molecule has 0 unspecified atom stereocenters. The van der Waals surface area contributed by atoms with Crippen LogP contribution in [0.25, 0.3) is 0 Å². The second-order valence-electron chi connectivity index (χ2n) is 11.9. The van der Waals surface area contributed by atoms with Gasteiger partial charge in [0.15, 0.2) is 0 Å². The van der Waals surface area contributed by atoms with Crippen LogP contribution in [0, 0.1) is 6.92 Å². The minimum atomic E-state index is -0.814. The number of rotatable bonds is 7. The van der Waals surface area contributed by atoms with Crippen molar-refractivity contribution < 1.29 is 14.4 Å². The molecule has 3 aromatic rings. The Hall–Kier alpha value is -4.13. The Morgan fingerprint density at radius 3 is 2.32 bits per heavy atom. The number of hydrogen-bond acceptors (Lipinski definition) is 3. The van der Waals surface area contributed by atoms with Gasteiger partial charge in [0.2, 0.25) is 11.8 Å². The summed E-state index contributed by atoms with van der Waals surface area (Å²) in [6.45, 7) is 9.74. The Bertz CT molecular complexity index is 1370. The summed E-state index contributed by atoms with van der Waals surface area (Å²) in [5.41, 5.74) is 4.59. The number of amides is 4. The minimum Gasteiger partial charge on any atom is -0.350 e. The molecule has 1 aliphatic rings. The molecule has 0 radical (unpaired) electrons. The monoisotopic (exact) mass is 554 g/mol. The highest BCUT2D eigenvalue weighted by atomic mass is 16.2. The van der Waals surface area contributed by atoms with E-state index >= 15 is 0 Å². The Morgan fingerprint density at radius 1 is 0.927 bits per heavy atom. The number of carbonyl (C=O) groups is 3. The van der Waals surface area contributed by atoms with Gasteiger partial charge in [-0.2, -0.15) is 0 Å². The number of likely N-dealkylation sites (tertiary alicyclic amines) is 1. The van der Waals surface area contributed by atoms with Crippen molar-refractivity contribution in [1.29, 1.82) is 0 Å². The van der Waals surface area contributed by atoms with Crippen LogP contribution in [0.15, 0.2) is 78.9 Å². The Kier molecular flexibility index (Phi) is 9.48. The highest BCUT2D eigenvalue weighted by Crippen LogP contribution is 2.40. The van der Waals surface area contributed by atoms with Gasteiger partial charge in [-0.3, -0.25) is 9.59 Å². The summed E-state index contributed by atoms with van der Waals surface area (Å²) in [4.78, 5) is 42.4. The van der Waals surface area contributed by atoms with Crippen molar-refractivity contribution in [3.05, 3.63) is 101 Å². The van der Waals surface area contributed by atoms with Gasteiger partial charge >= 0.3 is 6.03 Å². The lowest BCUT2D eigenvalue weighted by molar-refractivity contribution is -0.139. The fourth-order valence-electron chi connectivity index (χ4n) is 5.70. The molecular formula is C34H42N4O3. The van der Waals surface area contributed by atoms with Crippen LogP contribution < -0.4 is 16.0 Å². The fraction of sp³-hybridized carbons (Fsp3) is 0.382. The molecule has 0 saturated carbocycles. The Labute approximate surface area is 243 Å². The van der Waals surface area contributed by atoms with E-state index in [4.69, 9.17) is 0 Å². The molecular weight excluding hydrogens is 512 g/mol. The molecule has 7 nitrogen and oxygen atoms in total. The van der Waals surface area contributed by atoms with Gasteiger partial charge in [-0.1, -0.05) is 73.7 Å². The van der Waals surface area contributed by atoms with Crippen LogP contribution >= 0.6 is 0 Å². The molecule has 1 heterocycles. The number of hydrogen-bond donors (Lipinski definition) is 3. The number of urea groups is 1. The van der Waals surface area contributed by atoms with Gasteiger partial charge in [-0.05, 0) is 87.3 Å². The number of benzene rings is 3. The van der Waals surface area contributed by atoms with Crippen molar-refractivity contribution in [1.82, 2.24) is 15.5 Å². The fourth-order valence-corrected chi connectivity index (χ4v) is 5.70. The van der Waals surface area contributed by atoms with E-state index in [0.717, 1.165) is 17.5 Å². The number of anilines is 1. The first-order valence-corrected chi connectivity index (χ1v) is 14.4. The molecule has 4 rings (SSSR count). The lowest BCUT2D eigenvalue weighted by Crippen LogP contribution is -2.53. The topological polar surface area (TPSA) is 90.5 Å². The first kappa shape index (κ1) is 29.8. The predicted octanol–water partition coefficient (Wildman–Crippen LogP) is 6.11. The largest absolute Gasteiger partial charge is 0.350 e. The molecule has 41 heavy (non-hydrogen) atoms. The Balaban J connectivity index is 1.73. The number of aryl methyl sites for hydroxylation is 2. The number of nitrogens with one attached hydrogen (secondary N) is 3. The van der Waals surface area contributed by atoms with Gasteiger partial charge in [-0.15, -0.1) is 0 Å². The first-order chi connectivity index (χ1) is 19.5. The zero-order chi connectivity index (χ0) is 29.6. The maximum atomic E-state index is 14.3. The van der Waals surface area contributed by atoms with E-state index in [2.05, 4.69) is 35.0 Å². The Morgan fingerprint density at radius 2 is 1.63 bits per heavy atom. The summed E-state index contributed by atoms with van der Waals surface area (Å²) in [6, 6.07) is 24.1. The van der Waals surface area contributed by atoms with Crippen LogP contribution in [0.1, 0.15) is 74.8 Å². The average molecular weight is 555 g/mol. The van der Waals surface area contributed by atoms with E-state index in [1.54, 1.807) is 4.90 Å². The van der Waals surface area contributed by atoms with E-state index in [9.17, 15) is 14.4 Å². The quantitative estimate of drug-likeness (QED) is 0.329. The summed E-state index contributed by atoms with van der Waals surface area (Å²) in [5.74, 6) is -0.513. The zero-order valence-electron chi connectivity index (χ0n) is 24.7. The van der Waals surface area contributed by atoms with Crippen LogP contribution in [0.5, 0.6) is 0 Å². The highest BCUT2D eigenvalue weighted by Gasteiger charge is 2.40. The van der Waals surface area contributed by atoms with Crippen molar-refractivity contribution >= 4 is 23.5 Å². The molecule has 3 atom stereocenters. The second-order valence-corrected chi connectivity index (χ2v) is 11.9. The maximum absolute atomic E-state index is 14.3. The third kappa shape index (κ3) is 7.97. The molecule has 0 spiro atoms. The van der Waals surface area contributed by atoms with Gasteiger partial charge in [0.25, 0.3) is 0 Å². The standard InChI is InChI=1S/C34H42N4O3/c1-6-24-14-10-11-18-28(24)26-20-29(36-33(41)35-27-17-12-13-23(2)19-27)32(40)38(22-31(39)37-34(3,4)5)30(21-26)25-15-8-7-9-16-25/h7-19,26,29-30H,6,20-22H2,1-5H3,(H,37,39)(H2,35,36,41)/t26-,29+,30+/m0/s1. The maximum Gasteiger partial charge on any atom is 0.319 e. The van der Waals surface area contributed by atoms with Crippen molar-refractivity contribution in [2.75, 3.05) is 11.9 Å². The molecule has 1 aliphatic heterocycles. The van der Waals surface area contributed by atoms with Gasteiger partial charge in [-0.25, -0.2) is 4.79 Å². The van der Waals surface area contributed by atoms with E-state index in [-0.39, 0.29) is 30.3 Å². The summed E-state index contributed by atoms with van der Waals surface area (Å²) >= 11 is 0. The van der Waals surface area contributed by atoms with Crippen molar-refractivity contribution in [2.45, 2.75) is 77.4 Å². The van der Waals surface area contributed by atoms with Crippen molar-refractivity contribution in [3.63, 3.8) is 0 Å². The van der Waals surface area contributed by atoms with Crippen molar-refractivity contribution in [3.8, 4) is 0 Å². The van der Waals surface area contributed by atoms with E-state index in [1.165, 1.54) is 11.1 Å². The summed E-state index contributed by atoms with van der Waals surface area (Å²) < 4.78 is 0. The molecule has 3 aromatic carbocycles. The third-order valence-electron chi connectivity index (χ3n) is 7.46. The number of nitrogens with zero attached hydrogens (tertiary/aromatic N) is 1. The zero-order valence-corrected chi connectivity index (χ0v) is 24.7. The number of carbonyl (C=O) groups excluding carboxylic acids is 3. The molecule has 3 N–H and O–H groups in total. The van der Waals surface area contributed by atoms with Crippen molar-refractivity contribution in [2.24, 2.45) is 0 Å². The lowest BCUT2D eigenvalue weighted by Gasteiger charge is -2.33. The third-order valence-corrected chi connectivity index (χ3v) is 7.46. The smallest absolute Gasteiger partial charge is 0.319 e. The summed E-state index contributed by atoms with van der Waals surface area (Å²) in [7, 11) is 0. The molecule has 0 aliphatic carbocycles. The van der Waals surface area contributed by atoms with E-state index < -0.39 is 17.6 Å². The first-order valence-electron chi connectivity index (χ1n) is 14.4. The normalized spacial score (nSPS) is 19.3. The van der Waals surface area contributed by atoms with Crippen LogP contribution in [-0.2, 0) is 16.0 Å². The van der Waals surface area contributed by atoms with E-state index in [0.29, 0.717) is 18.5 Å². The van der Waals surface area contributed by atoms with Gasteiger partial charge in [0.05, 0.1) is 6.04 Å². The molecule has 7 heteroatoms. The van der Waals surface area contributed by atoms with Gasteiger partial charge < -0.3 is 20.9 Å². The lowest BCUT2D eigenvalue weighted by atomic mass is 9.83. The SMILES string of the molecule is CCc1ccccc1[C@@H]1C[C@H](c2ccccc2)N(CC(=O)NC(C)(C)C)C(=O)[C@H](NC(=O)Nc2cccc(C)c2)C1. The van der Waals surface area contributed by atoms with Crippen LogP contribution in [0.4, 0.5) is 10.5 Å². The van der Waals surface area contributed by atoms with Crippen LogP contribution in [0.2, 0.25) is 0 Å².